The van der Waals surface area contributed by atoms with Gasteiger partial charge in [0.15, 0.2) is 11.5 Å². The third kappa shape index (κ3) is 5.53. The van der Waals surface area contributed by atoms with Crippen molar-refractivity contribution in [3.05, 3.63) is 84.4 Å². The molecular weight excluding hydrogens is 382 g/mol. The van der Waals surface area contributed by atoms with Crippen LogP contribution in [0.15, 0.2) is 78.9 Å². The van der Waals surface area contributed by atoms with Crippen molar-refractivity contribution in [2.75, 3.05) is 0 Å². The lowest BCUT2D eigenvalue weighted by Crippen LogP contribution is -2.23. The Labute approximate surface area is 179 Å². The van der Waals surface area contributed by atoms with Crippen LogP contribution in [0.3, 0.4) is 0 Å². The van der Waals surface area contributed by atoms with Gasteiger partial charge in [0.1, 0.15) is 11.5 Å². The van der Waals surface area contributed by atoms with E-state index in [4.69, 9.17) is 15.2 Å². The summed E-state index contributed by atoms with van der Waals surface area (Å²) in [4.78, 5) is 0. The highest BCUT2D eigenvalue weighted by atomic mass is 35.5. The van der Waals surface area contributed by atoms with Crippen LogP contribution >= 0.6 is 12.4 Å². The molecule has 1 aliphatic carbocycles. The van der Waals surface area contributed by atoms with Gasteiger partial charge in [0.05, 0.1) is 0 Å². The molecule has 4 heteroatoms. The Balaban J connectivity index is 0.00000240. The first-order chi connectivity index (χ1) is 13.8. The number of para-hydroxylation sites is 2. The molecule has 4 rings (SSSR count). The Morgan fingerprint density at radius 3 is 1.83 bits per heavy atom. The molecular formula is C25H28ClNO2. The Morgan fingerprint density at radius 1 is 0.690 bits per heavy atom. The first kappa shape index (κ1) is 21.2. The maximum Gasteiger partial charge on any atom is 0.170 e. The molecule has 3 nitrogen and oxygen atoms in total. The summed E-state index contributed by atoms with van der Waals surface area (Å²) in [6.45, 7) is 0. The average Bonchev–Trinajstić information content (AvgIpc) is 2.76. The van der Waals surface area contributed by atoms with Gasteiger partial charge in [0.2, 0.25) is 0 Å². The molecule has 2 N–H and O–H groups in total. The van der Waals surface area contributed by atoms with E-state index in [1.165, 1.54) is 32.1 Å². The van der Waals surface area contributed by atoms with Crippen LogP contribution in [-0.4, -0.2) is 0 Å². The molecule has 0 aromatic heterocycles. The van der Waals surface area contributed by atoms with Crippen molar-refractivity contribution in [1.29, 1.82) is 0 Å². The van der Waals surface area contributed by atoms with E-state index >= 15 is 0 Å². The van der Waals surface area contributed by atoms with Gasteiger partial charge in [-0.15, -0.1) is 12.4 Å². The van der Waals surface area contributed by atoms with Crippen LogP contribution in [0.5, 0.6) is 23.0 Å². The molecule has 0 aliphatic heterocycles. The lowest BCUT2D eigenvalue weighted by Gasteiger charge is -2.28. The normalized spacial score (nSPS) is 15.2. The molecule has 3 aromatic carbocycles. The van der Waals surface area contributed by atoms with Gasteiger partial charge in [0.25, 0.3) is 0 Å². The van der Waals surface area contributed by atoms with E-state index in [1.54, 1.807) is 0 Å². The fourth-order valence-corrected chi connectivity index (χ4v) is 3.89. The predicted octanol–water partition coefficient (Wildman–Crippen LogP) is 7.27. The highest BCUT2D eigenvalue weighted by Gasteiger charge is 2.23. The zero-order valence-corrected chi connectivity index (χ0v) is 17.3. The molecule has 29 heavy (non-hydrogen) atoms. The van der Waals surface area contributed by atoms with Crippen molar-refractivity contribution in [3.8, 4) is 23.0 Å². The molecule has 1 atom stereocenters. The largest absolute Gasteiger partial charge is 0.453 e. The van der Waals surface area contributed by atoms with Crippen LogP contribution in [0.2, 0.25) is 0 Å². The van der Waals surface area contributed by atoms with E-state index < -0.39 is 0 Å². The van der Waals surface area contributed by atoms with Crippen LogP contribution in [0.4, 0.5) is 0 Å². The van der Waals surface area contributed by atoms with Crippen molar-refractivity contribution < 1.29 is 9.47 Å². The molecule has 0 saturated heterocycles. The fraction of sp³-hybridized carbons (Fsp3) is 0.280. The van der Waals surface area contributed by atoms with Crippen LogP contribution in [0.25, 0.3) is 0 Å². The summed E-state index contributed by atoms with van der Waals surface area (Å²) in [7, 11) is 0. The number of hydrogen-bond acceptors (Lipinski definition) is 3. The van der Waals surface area contributed by atoms with Gasteiger partial charge in [-0.05, 0) is 60.7 Å². The zero-order valence-electron chi connectivity index (χ0n) is 16.5. The summed E-state index contributed by atoms with van der Waals surface area (Å²) in [5.41, 5.74) is 7.75. The number of rotatable bonds is 6. The first-order valence-electron chi connectivity index (χ1n) is 10.1. The molecule has 1 fully saturated rings. The van der Waals surface area contributed by atoms with E-state index in [-0.39, 0.29) is 18.4 Å². The monoisotopic (exact) mass is 409 g/mol. The summed E-state index contributed by atoms with van der Waals surface area (Å²) >= 11 is 0. The lowest BCUT2D eigenvalue weighted by molar-refractivity contribution is 0.307. The fourth-order valence-electron chi connectivity index (χ4n) is 3.89. The van der Waals surface area contributed by atoms with E-state index in [0.717, 1.165) is 17.1 Å². The topological polar surface area (TPSA) is 44.5 Å². The summed E-state index contributed by atoms with van der Waals surface area (Å²) in [5.74, 6) is 3.49. The summed E-state index contributed by atoms with van der Waals surface area (Å²) < 4.78 is 12.3. The van der Waals surface area contributed by atoms with Gasteiger partial charge < -0.3 is 15.2 Å². The van der Waals surface area contributed by atoms with Crippen molar-refractivity contribution in [2.45, 2.75) is 38.1 Å². The van der Waals surface area contributed by atoms with Gasteiger partial charge in [-0.2, -0.15) is 0 Å². The van der Waals surface area contributed by atoms with Crippen LogP contribution in [0, 0.1) is 5.92 Å². The molecule has 0 amide bonds. The van der Waals surface area contributed by atoms with Gasteiger partial charge in [-0.3, -0.25) is 0 Å². The molecule has 3 aromatic rings. The maximum atomic E-state index is 6.64. The molecule has 1 aliphatic rings. The molecule has 0 radical (unpaired) electrons. The zero-order chi connectivity index (χ0) is 19.2. The van der Waals surface area contributed by atoms with Crippen molar-refractivity contribution >= 4 is 12.4 Å². The highest BCUT2D eigenvalue weighted by molar-refractivity contribution is 5.85. The van der Waals surface area contributed by atoms with E-state index in [2.05, 4.69) is 6.07 Å². The predicted molar refractivity (Wildman–Crippen MR) is 120 cm³/mol. The third-order valence-electron chi connectivity index (χ3n) is 5.45. The minimum Gasteiger partial charge on any atom is -0.453 e. The van der Waals surface area contributed by atoms with Crippen LogP contribution < -0.4 is 15.2 Å². The van der Waals surface area contributed by atoms with Crippen molar-refractivity contribution in [2.24, 2.45) is 11.7 Å². The Kier molecular flexibility index (Phi) is 7.56. The standard InChI is InChI=1S/C25H27NO2.ClH/c26-25(19-10-4-1-5-11-19)20-16-17-23(27-21-12-6-2-7-13-21)24(18-20)28-22-14-8-3-9-15-22;/h2-3,6-9,12-19,25H,1,4-5,10-11,26H2;1H/t25-;/m1./s1. The van der Waals surface area contributed by atoms with Crippen molar-refractivity contribution in [3.63, 3.8) is 0 Å². The number of ether oxygens (including phenoxy) is 2. The van der Waals surface area contributed by atoms with Gasteiger partial charge in [-0.1, -0.05) is 61.7 Å². The summed E-state index contributed by atoms with van der Waals surface area (Å²) in [5, 5.41) is 0. The highest BCUT2D eigenvalue weighted by Crippen LogP contribution is 2.39. The van der Waals surface area contributed by atoms with Gasteiger partial charge in [0, 0.05) is 6.04 Å². The smallest absolute Gasteiger partial charge is 0.170 e. The number of hydrogen-bond donors (Lipinski definition) is 1. The minimum absolute atomic E-state index is 0. The number of nitrogens with two attached hydrogens (primary N) is 1. The quantitative estimate of drug-likeness (QED) is 0.465. The third-order valence-corrected chi connectivity index (χ3v) is 5.45. The SMILES string of the molecule is Cl.N[C@@H](c1ccc(Oc2ccccc2)c(Oc2ccccc2)c1)C1CCCCC1. The first-order valence-corrected chi connectivity index (χ1v) is 10.1. The summed E-state index contributed by atoms with van der Waals surface area (Å²) in [6, 6.07) is 25.7. The minimum atomic E-state index is 0. The average molecular weight is 410 g/mol. The van der Waals surface area contributed by atoms with Gasteiger partial charge in [-0.25, -0.2) is 0 Å². The lowest BCUT2D eigenvalue weighted by atomic mass is 9.81. The Bertz CT molecular complexity index is 880. The van der Waals surface area contributed by atoms with Gasteiger partial charge >= 0.3 is 0 Å². The Morgan fingerprint density at radius 2 is 1.24 bits per heavy atom. The van der Waals surface area contributed by atoms with E-state index in [0.29, 0.717) is 17.4 Å². The Hall–Kier alpha value is -2.49. The molecule has 0 unspecified atom stereocenters. The number of benzene rings is 3. The molecule has 0 spiro atoms. The number of halogens is 1. The molecule has 152 valence electrons. The van der Waals surface area contributed by atoms with E-state index in [1.807, 2.05) is 72.8 Å². The molecule has 1 saturated carbocycles. The van der Waals surface area contributed by atoms with Crippen LogP contribution in [0.1, 0.15) is 43.7 Å². The summed E-state index contributed by atoms with van der Waals surface area (Å²) in [6.07, 6.45) is 6.30. The van der Waals surface area contributed by atoms with Crippen LogP contribution in [-0.2, 0) is 0 Å². The second kappa shape index (κ2) is 10.3. The second-order valence-corrected chi connectivity index (χ2v) is 7.46. The second-order valence-electron chi connectivity index (χ2n) is 7.46. The molecule has 0 bridgehead atoms. The van der Waals surface area contributed by atoms with Crippen molar-refractivity contribution in [1.82, 2.24) is 0 Å². The maximum absolute atomic E-state index is 6.64. The molecule has 0 heterocycles. The van der Waals surface area contributed by atoms with E-state index in [9.17, 15) is 0 Å².